The van der Waals surface area contributed by atoms with E-state index in [0.717, 1.165) is 29.1 Å². The summed E-state index contributed by atoms with van der Waals surface area (Å²) in [5.74, 6) is 0.586. The number of pyridine rings is 1. The highest BCUT2D eigenvalue weighted by atomic mass is 32.1. The zero-order chi connectivity index (χ0) is 27.0. The fraction of sp³-hybridized carbons (Fsp3) is 0.286. The number of rotatable bonds is 7. The number of benzene rings is 1. The summed E-state index contributed by atoms with van der Waals surface area (Å²) < 4.78 is 11.5. The second-order valence-electron chi connectivity index (χ2n) is 9.94. The largest absolute Gasteiger partial charge is 0.443 e. The van der Waals surface area contributed by atoms with Gasteiger partial charge in [0.1, 0.15) is 22.7 Å². The number of nitrogens with zero attached hydrogens (tertiary/aromatic N) is 6. The fourth-order valence-electron chi connectivity index (χ4n) is 4.83. The molecule has 1 saturated heterocycles. The van der Waals surface area contributed by atoms with E-state index in [1.807, 2.05) is 54.5 Å². The SMILES string of the molecule is Cc1csc(C2CCCN2C(=O)c2cc(-c3ncco3)nc(-c3nnc(C(C)(N)Cc4ccccc4)o3)c2)n1. The maximum Gasteiger partial charge on any atom is 0.266 e. The molecule has 1 aliphatic heterocycles. The Morgan fingerprint density at radius 1 is 1.15 bits per heavy atom. The Morgan fingerprint density at radius 2 is 1.95 bits per heavy atom. The van der Waals surface area contributed by atoms with Gasteiger partial charge in [0.15, 0.2) is 0 Å². The fourth-order valence-corrected chi connectivity index (χ4v) is 5.78. The molecule has 0 aliphatic carbocycles. The van der Waals surface area contributed by atoms with E-state index in [2.05, 4.69) is 25.1 Å². The van der Waals surface area contributed by atoms with E-state index in [4.69, 9.17) is 14.6 Å². The number of amides is 1. The first-order valence-electron chi connectivity index (χ1n) is 12.7. The third-order valence-corrected chi connectivity index (χ3v) is 7.77. The Balaban J connectivity index is 1.35. The summed E-state index contributed by atoms with van der Waals surface area (Å²) >= 11 is 1.58. The van der Waals surface area contributed by atoms with E-state index >= 15 is 0 Å². The molecule has 1 fully saturated rings. The van der Waals surface area contributed by atoms with Crippen molar-refractivity contribution >= 4 is 17.2 Å². The molecule has 2 N–H and O–H groups in total. The number of hydrogen-bond donors (Lipinski definition) is 1. The van der Waals surface area contributed by atoms with Crippen LogP contribution in [0.2, 0.25) is 0 Å². The molecule has 5 aromatic rings. The van der Waals surface area contributed by atoms with Gasteiger partial charge in [0, 0.05) is 23.2 Å². The molecule has 2 unspecified atom stereocenters. The minimum Gasteiger partial charge on any atom is -0.443 e. The molecule has 6 rings (SSSR count). The number of carbonyl (C=O) groups excluding carboxylic acids is 1. The molecule has 2 atom stereocenters. The Hall–Kier alpha value is -4.22. The number of nitrogens with two attached hydrogens (primary N) is 1. The number of oxazole rings is 1. The smallest absolute Gasteiger partial charge is 0.266 e. The van der Waals surface area contributed by atoms with Gasteiger partial charge in [-0.3, -0.25) is 4.79 Å². The van der Waals surface area contributed by atoms with Gasteiger partial charge < -0.3 is 19.5 Å². The average molecular weight is 542 g/mol. The van der Waals surface area contributed by atoms with Crippen molar-refractivity contribution in [3.63, 3.8) is 0 Å². The predicted octanol–water partition coefficient (Wildman–Crippen LogP) is 4.95. The maximum atomic E-state index is 13.8. The quantitative estimate of drug-likeness (QED) is 0.303. The van der Waals surface area contributed by atoms with E-state index in [1.54, 1.807) is 23.5 Å². The lowest BCUT2D eigenvalue weighted by Crippen LogP contribution is -2.35. The van der Waals surface area contributed by atoms with E-state index in [1.165, 1.54) is 12.5 Å². The number of carbonyl (C=O) groups is 1. The number of aryl methyl sites for hydroxylation is 1. The molecule has 1 aromatic carbocycles. The van der Waals surface area contributed by atoms with E-state index in [9.17, 15) is 4.79 Å². The Bertz CT molecular complexity index is 1590. The molecule has 4 aromatic heterocycles. The predicted molar refractivity (Wildman–Crippen MR) is 145 cm³/mol. The van der Waals surface area contributed by atoms with Crippen molar-refractivity contribution < 1.29 is 13.6 Å². The average Bonchev–Trinajstić information content (AvgIpc) is 3.74. The molecule has 5 heterocycles. The van der Waals surface area contributed by atoms with Crippen LogP contribution in [-0.4, -0.2) is 42.5 Å². The molecule has 0 bridgehead atoms. The first-order chi connectivity index (χ1) is 18.9. The Labute approximate surface area is 228 Å². The highest BCUT2D eigenvalue weighted by Crippen LogP contribution is 2.36. The second kappa shape index (κ2) is 10.2. The van der Waals surface area contributed by atoms with E-state index in [0.29, 0.717) is 29.9 Å². The summed E-state index contributed by atoms with van der Waals surface area (Å²) in [5.41, 5.74) is 8.85. The first kappa shape index (κ1) is 25.1. The highest BCUT2D eigenvalue weighted by molar-refractivity contribution is 7.09. The monoisotopic (exact) mass is 541 g/mol. The summed E-state index contributed by atoms with van der Waals surface area (Å²) in [6, 6.07) is 13.2. The third kappa shape index (κ3) is 5.10. The van der Waals surface area contributed by atoms with Crippen molar-refractivity contribution in [1.82, 2.24) is 30.0 Å². The van der Waals surface area contributed by atoms with Crippen LogP contribution in [-0.2, 0) is 12.0 Å². The van der Waals surface area contributed by atoms with Gasteiger partial charge in [0.25, 0.3) is 11.8 Å². The zero-order valence-corrected chi connectivity index (χ0v) is 22.4. The molecular weight excluding hydrogens is 514 g/mol. The van der Waals surface area contributed by atoms with Crippen molar-refractivity contribution in [3.8, 4) is 23.2 Å². The van der Waals surface area contributed by atoms with Gasteiger partial charge in [-0.15, -0.1) is 21.5 Å². The van der Waals surface area contributed by atoms with Crippen molar-refractivity contribution in [3.05, 3.63) is 88.0 Å². The molecule has 10 nitrogen and oxygen atoms in total. The lowest BCUT2D eigenvalue weighted by atomic mass is 9.94. The van der Waals surface area contributed by atoms with Gasteiger partial charge in [0.05, 0.1) is 17.8 Å². The van der Waals surface area contributed by atoms with Gasteiger partial charge in [-0.2, -0.15) is 0 Å². The van der Waals surface area contributed by atoms with Crippen LogP contribution in [0.1, 0.15) is 58.3 Å². The minimum absolute atomic E-state index is 0.0658. The maximum absolute atomic E-state index is 13.8. The molecule has 11 heteroatoms. The van der Waals surface area contributed by atoms with Gasteiger partial charge in [-0.25, -0.2) is 15.0 Å². The van der Waals surface area contributed by atoms with Crippen LogP contribution in [0.15, 0.2) is 69.1 Å². The van der Waals surface area contributed by atoms with E-state index in [-0.39, 0.29) is 29.6 Å². The van der Waals surface area contributed by atoms with Crippen LogP contribution in [0.5, 0.6) is 0 Å². The van der Waals surface area contributed by atoms with Gasteiger partial charge >= 0.3 is 0 Å². The third-order valence-electron chi connectivity index (χ3n) is 6.71. The van der Waals surface area contributed by atoms with Crippen molar-refractivity contribution in [2.24, 2.45) is 5.73 Å². The Kier molecular flexibility index (Phi) is 6.53. The summed E-state index contributed by atoms with van der Waals surface area (Å²) in [6.45, 7) is 4.45. The zero-order valence-electron chi connectivity index (χ0n) is 21.6. The lowest BCUT2D eigenvalue weighted by molar-refractivity contribution is 0.0735. The molecule has 0 spiro atoms. The lowest BCUT2D eigenvalue weighted by Gasteiger charge is -2.23. The molecular formula is C28H27N7O3S. The van der Waals surface area contributed by atoms with Gasteiger partial charge in [-0.05, 0) is 50.8 Å². The number of hydrogen-bond acceptors (Lipinski definition) is 10. The topological polar surface area (TPSA) is 137 Å². The van der Waals surface area contributed by atoms with Crippen molar-refractivity contribution in [1.29, 1.82) is 0 Å². The summed E-state index contributed by atoms with van der Waals surface area (Å²) in [4.78, 5) is 29.2. The number of aromatic nitrogens is 5. The van der Waals surface area contributed by atoms with Gasteiger partial charge in [0.2, 0.25) is 11.8 Å². The molecule has 1 amide bonds. The standard InChI is InChI=1S/C28H27N7O3S/c1-17-16-39-25(31-17)22-9-6-11-35(22)26(36)19-13-20(23-30-10-12-37-23)32-21(14-19)24-33-34-27(38-24)28(2,29)15-18-7-4-3-5-8-18/h3-5,7-8,10,12-14,16,22H,6,9,11,15,29H2,1-2H3. The van der Waals surface area contributed by atoms with Crippen LogP contribution in [0.25, 0.3) is 23.2 Å². The van der Waals surface area contributed by atoms with Crippen LogP contribution >= 0.6 is 11.3 Å². The van der Waals surface area contributed by atoms with Crippen LogP contribution < -0.4 is 5.73 Å². The molecule has 0 saturated carbocycles. The number of thiazole rings is 1. The molecule has 1 aliphatic rings. The van der Waals surface area contributed by atoms with Crippen molar-refractivity contribution in [2.45, 2.75) is 44.7 Å². The first-order valence-corrected chi connectivity index (χ1v) is 13.6. The van der Waals surface area contributed by atoms with Crippen LogP contribution in [0, 0.1) is 6.92 Å². The molecule has 39 heavy (non-hydrogen) atoms. The summed E-state index contributed by atoms with van der Waals surface area (Å²) in [5, 5.41) is 11.4. The van der Waals surface area contributed by atoms with Crippen LogP contribution in [0.3, 0.4) is 0 Å². The van der Waals surface area contributed by atoms with Crippen molar-refractivity contribution in [2.75, 3.05) is 6.54 Å². The van der Waals surface area contributed by atoms with E-state index < -0.39 is 5.54 Å². The minimum atomic E-state index is -0.903. The normalized spacial score (nSPS) is 16.9. The summed E-state index contributed by atoms with van der Waals surface area (Å²) in [7, 11) is 0. The highest BCUT2D eigenvalue weighted by Gasteiger charge is 2.34. The second-order valence-corrected chi connectivity index (χ2v) is 10.8. The molecule has 0 radical (unpaired) electrons. The number of likely N-dealkylation sites (tertiary alicyclic amines) is 1. The van der Waals surface area contributed by atoms with Gasteiger partial charge in [-0.1, -0.05) is 30.3 Å². The van der Waals surface area contributed by atoms with Crippen LogP contribution in [0.4, 0.5) is 0 Å². The Morgan fingerprint density at radius 3 is 2.67 bits per heavy atom. The summed E-state index contributed by atoms with van der Waals surface area (Å²) in [6.07, 6.45) is 5.27. The molecule has 198 valence electrons.